The SMILES string of the molecule is CC(C(=O)O)c1ccccc1.CCCCc1cc(CCCC)c(O)c(CCCC)c1.CCOP(=O)(OCC)OCc1cc(C(C)(C)C)c(O)c(C(C)(C)C)c1.Cc1cc(C(C)(C)C)c(O)c(C(C)(C)C)c1. The third kappa shape index (κ3) is 22.3. The van der Waals surface area contributed by atoms with Gasteiger partial charge < -0.3 is 20.4 Å². The van der Waals surface area contributed by atoms with Gasteiger partial charge >= 0.3 is 13.8 Å². The average Bonchev–Trinajstić information content (AvgIpc) is 3.27. The molecule has 4 rings (SSSR count). The first kappa shape index (κ1) is 64.9. The van der Waals surface area contributed by atoms with Crippen molar-refractivity contribution in [1.82, 2.24) is 0 Å². The maximum atomic E-state index is 12.5. The number of unbranched alkanes of at least 4 members (excludes halogenated alkanes) is 3. The molecule has 0 aliphatic heterocycles. The first-order chi connectivity index (χ1) is 32.8. The highest BCUT2D eigenvalue weighted by Gasteiger charge is 2.30. The van der Waals surface area contributed by atoms with Crippen molar-refractivity contribution in [2.24, 2.45) is 0 Å². The summed E-state index contributed by atoms with van der Waals surface area (Å²) in [5.41, 5.74) is 9.89. The Hall–Kier alpha value is -4.14. The van der Waals surface area contributed by atoms with Crippen molar-refractivity contribution in [1.29, 1.82) is 0 Å². The largest absolute Gasteiger partial charge is 0.507 e. The molecule has 0 saturated heterocycles. The number of aromatic hydroxyl groups is 3. The van der Waals surface area contributed by atoms with E-state index >= 15 is 0 Å². The van der Waals surface area contributed by atoms with Crippen LogP contribution in [0.4, 0.5) is 0 Å². The van der Waals surface area contributed by atoms with Crippen LogP contribution in [0.25, 0.3) is 0 Å². The Kier molecular flexibility index (Phi) is 27.0. The minimum Gasteiger partial charge on any atom is -0.507 e. The number of phenolic OH excluding ortho intramolecular Hbond substituents is 3. The zero-order chi connectivity index (χ0) is 54.5. The van der Waals surface area contributed by atoms with E-state index in [0.29, 0.717) is 17.2 Å². The van der Waals surface area contributed by atoms with Gasteiger partial charge in [0.15, 0.2) is 0 Å². The molecule has 10 heteroatoms. The van der Waals surface area contributed by atoms with Gasteiger partial charge in [-0.3, -0.25) is 18.4 Å². The van der Waals surface area contributed by atoms with Crippen LogP contribution in [0.1, 0.15) is 225 Å². The summed E-state index contributed by atoms with van der Waals surface area (Å²) in [4.78, 5) is 10.5. The molecule has 4 aromatic rings. The van der Waals surface area contributed by atoms with Gasteiger partial charge in [-0.2, -0.15) is 0 Å². The highest BCUT2D eigenvalue weighted by molar-refractivity contribution is 7.48. The summed E-state index contributed by atoms with van der Waals surface area (Å²) in [5, 5.41) is 40.1. The van der Waals surface area contributed by atoms with Gasteiger partial charge in [-0.15, -0.1) is 0 Å². The molecule has 71 heavy (non-hydrogen) atoms. The van der Waals surface area contributed by atoms with Crippen molar-refractivity contribution in [2.45, 2.75) is 224 Å². The molecule has 9 nitrogen and oxygen atoms in total. The predicted octanol–water partition coefficient (Wildman–Crippen LogP) is 17.3. The van der Waals surface area contributed by atoms with Crippen LogP contribution in [0, 0.1) is 6.92 Å². The summed E-state index contributed by atoms with van der Waals surface area (Å²) in [6.45, 7) is 39.5. The van der Waals surface area contributed by atoms with E-state index in [1.807, 2.05) is 84.0 Å². The van der Waals surface area contributed by atoms with Gasteiger partial charge in [0.05, 0.1) is 25.7 Å². The minimum atomic E-state index is -3.57. The van der Waals surface area contributed by atoms with Gasteiger partial charge in [0.25, 0.3) is 0 Å². The van der Waals surface area contributed by atoms with Gasteiger partial charge in [-0.1, -0.05) is 183 Å². The van der Waals surface area contributed by atoms with E-state index in [-0.39, 0.29) is 41.5 Å². The number of phosphoric acid groups is 1. The highest BCUT2D eigenvalue weighted by atomic mass is 31.2. The van der Waals surface area contributed by atoms with Crippen molar-refractivity contribution >= 4 is 13.8 Å². The van der Waals surface area contributed by atoms with Crippen LogP contribution < -0.4 is 0 Å². The first-order valence-corrected chi connectivity index (χ1v) is 27.6. The maximum absolute atomic E-state index is 12.5. The van der Waals surface area contributed by atoms with Crippen LogP contribution in [0.15, 0.2) is 66.7 Å². The van der Waals surface area contributed by atoms with Crippen molar-refractivity contribution in [3.05, 3.63) is 122 Å². The number of aliphatic carboxylic acids is 1. The molecule has 0 aliphatic carbocycles. The number of hydrogen-bond donors (Lipinski definition) is 4. The molecule has 0 spiro atoms. The molecule has 1 atom stereocenters. The summed E-state index contributed by atoms with van der Waals surface area (Å²) in [5.74, 6) is 0.154. The topological polar surface area (TPSA) is 143 Å². The third-order valence-corrected chi connectivity index (χ3v) is 13.6. The zero-order valence-corrected chi connectivity index (χ0v) is 48.6. The molecule has 0 bridgehead atoms. The zero-order valence-electron chi connectivity index (χ0n) is 47.7. The minimum absolute atomic E-state index is 0.0178. The van der Waals surface area contributed by atoms with E-state index in [9.17, 15) is 24.7 Å². The number of benzene rings is 4. The van der Waals surface area contributed by atoms with Gasteiger partial charge in [0.2, 0.25) is 0 Å². The Bertz CT molecular complexity index is 2140. The molecule has 4 N–H and O–H groups in total. The molecular weight excluding hydrogens is 908 g/mol. The molecule has 1 unspecified atom stereocenters. The Balaban J connectivity index is 0.000000491. The molecule has 0 aromatic heterocycles. The number of carbonyl (C=O) groups is 1. The lowest BCUT2D eigenvalue weighted by molar-refractivity contribution is -0.138. The molecular formula is C61H97O9P. The van der Waals surface area contributed by atoms with E-state index in [1.165, 1.54) is 47.9 Å². The number of rotatable bonds is 18. The fourth-order valence-corrected chi connectivity index (χ4v) is 8.95. The second-order valence-corrected chi connectivity index (χ2v) is 24.5. The fraction of sp³-hybridized carbons (Fsp3) is 0.590. The molecule has 0 aliphatic rings. The van der Waals surface area contributed by atoms with Crippen LogP contribution in [-0.4, -0.2) is 39.6 Å². The van der Waals surface area contributed by atoms with Gasteiger partial charge in [0, 0.05) is 0 Å². The van der Waals surface area contributed by atoms with Crippen LogP contribution in [0.5, 0.6) is 17.2 Å². The number of carboxylic acid groups (broad SMARTS) is 1. The van der Waals surface area contributed by atoms with Crippen LogP contribution in [0.3, 0.4) is 0 Å². The van der Waals surface area contributed by atoms with E-state index in [2.05, 4.69) is 93.5 Å². The average molecular weight is 1010 g/mol. The summed E-state index contributed by atoms with van der Waals surface area (Å²) < 4.78 is 28.3. The van der Waals surface area contributed by atoms with Crippen molar-refractivity contribution in [3.63, 3.8) is 0 Å². The third-order valence-electron chi connectivity index (χ3n) is 12.0. The highest BCUT2D eigenvalue weighted by Crippen LogP contribution is 2.50. The van der Waals surface area contributed by atoms with Crippen molar-refractivity contribution in [3.8, 4) is 17.2 Å². The standard InChI is InChI=1S/C19H33O5P.C18H30O.C15H24O.C9H10O2/c1-9-22-25(21,23-10-2)24-13-14-11-15(18(3,4)5)17(20)16(12-14)19(6,7)8;1-4-7-10-15-13-16(11-8-5-2)18(19)17(14-15)12-9-6-3;1-10-8-11(14(2,3)4)13(16)12(9-10)15(5,6)7;1-7(9(10)11)8-5-3-2-4-6-8/h11-12,20H,9-10,13H2,1-8H3;13-14,19H,4-12H2,1-3H3;8-9,16H,1-7H3;2-7H,1H3,(H,10,11). The Morgan fingerprint density at radius 3 is 1.24 bits per heavy atom. The van der Waals surface area contributed by atoms with Crippen LogP contribution in [-0.2, 0) is 70.5 Å². The Morgan fingerprint density at radius 1 is 0.535 bits per heavy atom. The summed E-state index contributed by atoms with van der Waals surface area (Å²) in [7, 11) is -3.57. The van der Waals surface area contributed by atoms with E-state index in [4.69, 9.17) is 18.7 Å². The molecule has 4 aromatic carbocycles. The van der Waals surface area contributed by atoms with Crippen LogP contribution >= 0.6 is 7.82 Å². The lowest BCUT2D eigenvalue weighted by Gasteiger charge is -2.28. The summed E-state index contributed by atoms with van der Waals surface area (Å²) in [6, 6.07) is 21.6. The number of phosphoric ester groups is 1. The smallest absolute Gasteiger partial charge is 0.475 e. The molecule has 0 saturated carbocycles. The molecule has 400 valence electrons. The van der Waals surface area contributed by atoms with E-state index in [0.717, 1.165) is 65.5 Å². The number of hydrogen-bond acceptors (Lipinski definition) is 8. The number of aryl methyl sites for hydroxylation is 4. The maximum Gasteiger partial charge on any atom is 0.475 e. The Morgan fingerprint density at radius 2 is 0.901 bits per heavy atom. The normalized spacial score (nSPS) is 12.4. The number of phenols is 3. The Labute approximate surface area is 431 Å². The monoisotopic (exact) mass is 1000 g/mol. The fourth-order valence-electron chi connectivity index (χ4n) is 7.78. The van der Waals surface area contributed by atoms with E-state index < -0.39 is 19.7 Å². The lowest BCUT2D eigenvalue weighted by atomic mass is 9.78. The van der Waals surface area contributed by atoms with Crippen LogP contribution in [0.2, 0.25) is 0 Å². The second kappa shape index (κ2) is 29.5. The number of carboxylic acids is 1. The summed E-state index contributed by atoms with van der Waals surface area (Å²) >= 11 is 0. The van der Waals surface area contributed by atoms with Crippen molar-refractivity contribution in [2.75, 3.05) is 13.2 Å². The lowest BCUT2D eigenvalue weighted by Crippen LogP contribution is -2.18. The van der Waals surface area contributed by atoms with E-state index in [1.54, 1.807) is 20.8 Å². The molecule has 0 heterocycles. The van der Waals surface area contributed by atoms with Crippen molar-refractivity contribution < 1.29 is 43.4 Å². The first-order valence-electron chi connectivity index (χ1n) is 26.2. The quantitative estimate of drug-likeness (QED) is 0.0717. The van der Waals surface area contributed by atoms with Gasteiger partial charge in [-0.05, 0) is 150 Å². The molecule has 0 fully saturated rings. The van der Waals surface area contributed by atoms with Gasteiger partial charge in [0.1, 0.15) is 17.2 Å². The molecule has 0 amide bonds. The summed E-state index contributed by atoms with van der Waals surface area (Å²) in [6.07, 6.45) is 10.3. The van der Waals surface area contributed by atoms with Gasteiger partial charge in [-0.25, -0.2) is 4.57 Å². The predicted molar refractivity (Wildman–Crippen MR) is 298 cm³/mol. The molecule has 0 radical (unpaired) electrons. The second-order valence-electron chi connectivity index (χ2n) is 22.8.